The average molecular weight is 658 g/mol. The number of hydrogen-bond acceptors (Lipinski definition) is 12. The molecule has 0 saturated carbocycles. The number of urea groups is 1. The number of amides is 5. The van der Waals surface area contributed by atoms with Crippen LogP contribution in [0.2, 0.25) is 5.28 Å². The van der Waals surface area contributed by atoms with E-state index < -0.39 is 78.6 Å². The van der Waals surface area contributed by atoms with Crippen molar-refractivity contribution >= 4 is 47.3 Å². The molecular weight excluding hydrogens is 622 g/mol. The second-order valence-electron chi connectivity index (χ2n) is 10.3. The van der Waals surface area contributed by atoms with E-state index in [4.69, 9.17) is 23.1 Å². The summed E-state index contributed by atoms with van der Waals surface area (Å²) in [5, 5.41) is 53.0. The van der Waals surface area contributed by atoms with Crippen LogP contribution in [0.5, 0.6) is 0 Å². The first-order valence-corrected chi connectivity index (χ1v) is 14.1. The fourth-order valence-corrected chi connectivity index (χ4v) is 4.71. The Balaban J connectivity index is 1.84. The van der Waals surface area contributed by atoms with E-state index in [1.54, 1.807) is 0 Å². The molecule has 2 aromatic heterocycles. The smallest absolute Gasteiger partial charge is 0.329 e. The molecule has 1 fully saturated rings. The minimum absolute atomic E-state index is 0.0146. The van der Waals surface area contributed by atoms with Crippen LogP contribution in [0.25, 0.3) is 0 Å². The lowest BCUT2D eigenvalue weighted by Gasteiger charge is -2.30. The standard InChI is InChI=1S/C24H36ClN11O9/c25-22-29-8-13(35-22)17(39)16(21(43)44)36-19(41)11(4-9-6-30-23(26)32-9)33-18(40)12(5-10(37)7-31-24(27)45)34-20(42)15-14(38)2-1-3-28-15/h6,8,10-12,14-17,28,37-39H,1-5,7H2,(H,29,35)(H,33,40)(H,34,42)(H,36,41)(H,43,44)(H3,26,30,32)(H3,27,31,45)/t10-,11-,12-,14+,15-,16-,17+/m0/s1. The number of carbonyl (C=O) groups excluding carboxylic acids is 4. The second kappa shape index (κ2) is 16.0. The van der Waals surface area contributed by atoms with Gasteiger partial charge >= 0.3 is 12.0 Å². The maximum Gasteiger partial charge on any atom is 0.329 e. The van der Waals surface area contributed by atoms with Gasteiger partial charge in [0.2, 0.25) is 17.7 Å². The minimum atomic E-state index is -1.93. The number of piperidine rings is 1. The molecule has 2 aromatic rings. The Labute approximate surface area is 260 Å². The predicted molar refractivity (Wildman–Crippen MR) is 154 cm³/mol. The molecular formula is C24H36ClN11O9. The van der Waals surface area contributed by atoms with Gasteiger partial charge in [0.1, 0.15) is 24.2 Å². The fourth-order valence-electron chi connectivity index (χ4n) is 4.56. The van der Waals surface area contributed by atoms with Crippen LogP contribution in [0.4, 0.5) is 10.7 Å². The van der Waals surface area contributed by atoms with E-state index in [1.165, 1.54) is 6.20 Å². The molecule has 0 radical (unpaired) electrons. The Bertz CT molecular complexity index is 1360. The van der Waals surface area contributed by atoms with Crippen LogP contribution in [0.1, 0.15) is 36.8 Å². The zero-order valence-corrected chi connectivity index (χ0v) is 24.5. The number of imidazole rings is 2. The molecule has 3 heterocycles. The maximum atomic E-state index is 13.5. The molecule has 15 N–H and O–H groups in total. The van der Waals surface area contributed by atoms with Crippen LogP contribution in [0.15, 0.2) is 12.4 Å². The third-order valence-corrected chi connectivity index (χ3v) is 7.02. The number of aromatic nitrogens is 4. The summed E-state index contributed by atoms with van der Waals surface area (Å²) in [6, 6.07) is -7.02. The molecule has 1 aliphatic heterocycles. The summed E-state index contributed by atoms with van der Waals surface area (Å²) in [5.41, 5.74) is 10.8. The summed E-state index contributed by atoms with van der Waals surface area (Å²) in [4.78, 5) is 75.7. The molecule has 0 unspecified atom stereocenters. The number of aliphatic hydroxyl groups excluding tert-OH is 3. The average Bonchev–Trinajstić information content (AvgIpc) is 3.60. The lowest BCUT2D eigenvalue weighted by atomic mass is 9.99. The third-order valence-electron chi connectivity index (χ3n) is 6.83. The van der Waals surface area contributed by atoms with E-state index in [9.17, 15) is 44.4 Å². The summed E-state index contributed by atoms with van der Waals surface area (Å²) >= 11 is 5.72. The largest absolute Gasteiger partial charge is 0.480 e. The van der Waals surface area contributed by atoms with Crippen LogP contribution < -0.4 is 38.1 Å². The van der Waals surface area contributed by atoms with Gasteiger partial charge in [0, 0.05) is 25.1 Å². The Morgan fingerprint density at radius 2 is 1.76 bits per heavy atom. The van der Waals surface area contributed by atoms with Crippen LogP contribution in [-0.2, 0) is 25.6 Å². The normalized spacial score (nSPS) is 19.7. The van der Waals surface area contributed by atoms with Crippen molar-refractivity contribution in [3.63, 3.8) is 0 Å². The molecule has 1 saturated heterocycles. The molecule has 248 valence electrons. The van der Waals surface area contributed by atoms with Crippen molar-refractivity contribution in [2.45, 2.75) is 68.2 Å². The number of aliphatic carboxylic acids is 1. The van der Waals surface area contributed by atoms with Crippen LogP contribution >= 0.6 is 11.6 Å². The van der Waals surface area contributed by atoms with Crippen LogP contribution in [0, 0.1) is 0 Å². The highest BCUT2D eigenvalue weighted by Gasteiger charge is 2.36. The highest BCUT2D eigenvalue weighted by atomic mass is 35.5. The maximum absolute atomic E-state index is 13.5. The van der Waals surface area contributed by atoms with Crippen LogP contribution in [0.3, 0.4) is 0 Å². The van der Waals surface area contributed by atoms with Crippen LogP contribution in [-0.4, -0.2) is 120 Å². The van der Waals surface area contributed by atoms with E-state index in [1.807, 2.05) is 0 Å². The number of carboxylic acids is 1. The van der Waals surface area contributed by atoms with Gasteiger partial charge < -0.3 is 68.4 Å². The number of H-pyrrole nitrogens is 2. The van der Waals surface area contributed by atoms with Crippen molar-refractivity contribution in [2.24, 2.45) is 5.73 Å². The van der Waals surface area contributed by atoms with Gasteiger partial charge in [-0.25, -0.2) is 19.6 Å². The summed E-state index contributed by atoms with van der Waals surface area (Å²) in [5.74, 6) is -4.48. The lowest BCUT2D eigenvalue weighted by Crippen LogP contribution is -2.61. The Morgan fingerprint density at radius 3 is 2.33 bits per heavy atom. The number of aromatic amines is 2. The molecule has 0 spiro atoms. The first kappa shape index (κ1) is 35.0. The molecule has 0 aliphatic carbocycles. The van der Waals surface area contributed by atoms with Crippen molar-refractivity contribution in [1.82, 2.24) is 46.5 Å². The molecule has 21 heteroatoms. The number of nitrogens with zero attached hydrogens (tertiary/aromatic N) is 2. The summed E-state index contributed by atoms with van der Waals surface area (Å²) in [6.45, 7) is 0.0422. The number of nitrogens with one attached hydrogen (secondary N) is 7. The highest BCUT2D eigenvalue weighted by molar-refractivity contribution is 6.28. The van der Waals surface area contributed by atoms with Crippen molar-refractivity contribution < 1.29 is 44.4 Å². The first-order chi connectivity index (χ1) is 21.2. The van der Waals surface area contributed by atoms with Gasteiger partial charge in [-0.1, -0.05) is 0 Å². The quantitative estimate of drug-likeness (QED) is 0.0863. The monoisotopic (exact) mass is 657 g/mol. The highest BCUT2D eigenvalue weighted by Crippen LogP contribution is 2.17. The van der Waals surface area contributed by atoms with Crippen molar-refractivity contribution in [3.8, 4) is 0 Å². The predicted octanol–water partition coefficient (Wildman–Crippen LogP) is -4.28. The van der Waals surface area contributed by atoms with Gasteiger partial charge in [-0.2, -0.15) is 0 Å². The summed E-state index contributed by atoms with van der Waals surface area (Å²) < 4.78 is 0. The Morgan fingerprint density at radius 1 is 1.04 bits per heavy atom. The van der Waals surface area contributed by atoms with Crippen molar-refractivity contribution in [1.29, 1.82) is 0 Å². The Hall–Kier alpha value is -4.50. The van der Waals surface area contributed by atoms with E-state index >= 15 is 0 Å². The number of hydrogen-bond donors (Lipinski definition) is 13. The van der Waals surface area contributed by atoms with E-state index in [2.05, 4.69) is 46.5 Å². The number of carbonyl (C=O) groups is 5. The number of aliphatic hydroxyl groups is 3. The van der Waals surface area contributed by atoms with Gasteiger partial charge in [0.05, 0.1) is 30.3 Å². The molecule has 45 heavy (non-hydrogen) atoms. The number of nitrogen functional groups attached to an aromatic ring is 1. The Kier molecular flexibility index (Phi) is 12.4. The molecule has 7 atom stereocenters. The number of primary amides is 1. The van der Waals surface area contributed by atoms with E-state index in [0.29, 0.717) is 19.4 Å². The number of rotatable bonds is 15. The van der Waals surface area contributed by atoms with Gasteiger partial charge in [-0.05, 0) is 31.0 Å². The van der Waals surface area contributed by atoms with Gasteiger partial charge in [-0.3, -0.25) is 14.4 Å². The van der Waals surface area contributed by atoms with Gasteiger partial charge in [0.15, 0.2) is 17.3 Å². The zero-order valence-electron chi connectivity index (χ0n) is 23.7. The first-order valence-electron chi connectivity index (χ1n) is 13.7. The molecule has 20 nitrogen and oxygen atoms in total. The molecule has 0 aromatic carbocycles. The molecule has 5 amide bonds. The third kappa shape index (κ3) is 10.3. The van der Waals surface area contributed by atoms with E-state index in [-0.39, 0.29) is 35.6 Å². The van der Waals surface area contributed by atoms with E-state index in [0.717, 1.165) is 6.20 Å². The second-order valence-corrected chi connectivity index (χ2v) is 10.7. The van der Waals surface area contributed by atoms with Gasteiger partial charge in [0.25, 0.3) is 0 Å². The zero-order chi connectivity index (χ0) is 33.3. The summed E-state index contributed by atoms with van der Waals surface area (Å²) in [7, 11) is 0. The SMILES string of the molecule is NC(=O)NC[C@@H](O)C[C@H](NC(=O)[C@H]1NCCC[C@H]1O)C(=O)N[C@@H](Cc1cnc(N)[nH]1)C(=O)N[C@H](C(=O)O)[C@H](O)c1cnc(Cl)[nH]1. The number of nitrogens with two attached hydrogens (primary N) is 2. The van der Waals surface area contributed by atoms with Crippen molar-refractivity contribution in [2.75, 3.05) is 18.8 Å². The molecule has 0 bridgehead atoms. The molecule has 1 aliphatic rings. The lowest BCUT2D eigenvalue weighted by molar-refractivity contribution is -0.146. The summed E-state index contributed by atoms with van der Waals surface area (Å²) in [6.07, 6.45) is -1.79. The fraction of sp³-hybridized carbons (Fsp3) is 0.542. The van der Waals surface area contributed by atoms with Gasteiger partial charge in [-0.15, -0.1) is 0 Å². The minimum Gasteiger partial charge on any atom is -0.480 e. The topological polar surface area (TPSA) is 336 Å². The number of carboxylic acid groups (broad SMARTS) is 1. The number of halogens is 1. The number of anilines is 1. The van der Waals surface area contributed by atoms with Crippen molar-refractivity contribution in [3.05, 3.63) is 29.1 Å². The molecule has 3 rings (SSSR count).